The lowest BCUT2D eigenvalue weighted by molar-refractivity contribution is 0.0995. The van der Waals surface area contributed by atoms with Crippen LogP contribution in [0.25, 0.3) is 10.6 Å². The summed E-state index contributed by atoms with van der Waals surface area (Å²) in [5.41, 5.74) is 0.845. The van der Waals surface area contributed by atoms with E-state index in [1.54, 1.807) is 35.6 Å². The average molecular weight is 401 g/mol. The number of nitrogens with zero attached hydrogens (tertiary/aromatic N) is 1. The molecule has 0 bridgehead atoms. The fourth-order valence-corrected chi connectivity index (χ4v) is 4.40. The zero-order valence-corrected chi connectivity index (χ0v) is 15.5. The zero-order valence-electron chi connectivity index (χ0n) is 13.1. The molecule has 0 aromatic carbocycles. The molecule has 6 nitrogen and oxygen atoms in total. The van der Waals surface area contributed by atoms with Gasteiger partial charge in [0.2, 0.25) is 0 Å². The first-order chi connectivity index (χ1) is 12.7. The topological polar surface area (TPSA) is 84.2 Å². The Morgan fingerprint density at radius 1 is 1.00 bits per heavy atom. The molecule has 0 radical (unpaired) electrons. The normalized spacial score (nSPS) is 10.6. The summed E-state index contributed by atoms with van der Waals surface area (Å²) < 4.78 is 5.04. The summed E-state index contributed by atoms with van der Waals surface area (Å²) in [5, 5.41) is 10.5. The number of carbonyl (C=O) groups excluding carboxylic acids is 2. The Balaban J connectivity index is 1.41. The maximum Gasteiger partial charge on any atom is 0.291 e. The van der Waals surface area contributed by atoms with E-state index in [2.05, 4.69) is 15.6 Å². The van der Waals surface area contributed by atoms with Gasteiger partial charge in [0, 0.05) is 5.38 Å². The van der Waals surface area contributed by atoms with Crippen LogP contribution in [0.2, 0.25) is 0 Å². The lowest BCUT2D eigenvalue weighted by atomic mass is 10.4. The molecule has 0 saturated heterocycles. The highest BCUT2D eigenvalue weighted by molar-refractivity contribution is 7.18. The van der Waals surface area contributed by atoms with Crippen molar-refractivity contribution >= 4 is 56.0 Å². The highest BCUT2D eigenvalue weighted by atomic mass is 32.1. The van der Waals surface area contributed by atoms with Gasteiger partial charge in [-0.15, -0.1) is 34.0 Å². The van der Waals surface area contributed by atoms with Crippen molar-refractivity contribution in [3.63, 3.8) is 0 Å². The van der Waals surface area contributed by atoms with Crippen LogP contribution in [0.1, 0.15) is 20.2 Å². The van der Waals surface area contributed by atoms with Crippen molar-refractivity contribution in [3.05, 3.63) is 64.1 Å². The first-order valence-electron chi connectivity index (χ1n) is 7.44. The van der Waals surface area contributed by atoms with Gasteiger partial charge >= 0.3 is 0 Å². The van der Waals surface area contributed by atoms with Gasteiger partial charge in [-0.25, -0.2) is 4.98 Å². The Labute approximate surface area is 160 Å². The summed E-state index contributed by atoms with van der Waals surface area (Å²) in [6.45, 7) is 0. The van der Waals surface area contributed by atoms with E-state index in [1.807, 2.05) is 22.9 Å². The van der Waals surface area contributed by atoms with Gasteiger partial charge in [-0.2, -0.15) is 0 Å². The molecule has 9 heteroatoms. The van der Waals surface area contributed by atoms with Crippen LogP contribution in [0.3, 0.4) is 0 Å². The molecule has 0 aliphatic heterocycles. The molecule has 4 heterocycles. The summed E-state index contributed by atoms with van der Waals surface area (Å²) in [7, 11) is 0. The third kappa shape index (κ3) is 3.59. The van der Waals surface area contributed by atoms with Crippen molar-refractivity contribution in [1.29, 1.82) is 0 Å². The Kier molecular flexibility index (Phi) is 4.65. The summed E-state index contributed by atoms with van der Waals surface area (Å²) in [4.78, 5) is 30.3. The number of carbonyl (C=O) groups is 2. The Bertz CT molecular complexity index is 1030. The number of hydrogen-bond donors (Lipinski definition) is 2. The van der Waals surface area contributed by atoms with Crippen LogP contribution in [0, 0.1) is 0 Å². The standard InChI is InChI=1S/C17H11N3O3S3/c21-15(11-3-1-7-23-11)19-14-6-5-13(26-14)16(22)20-17-18-10(9-25-17)12-4-2-8-24-12/h1-9H,(H,19,21)(H,18,20,22). The number of hydrogen-bond acceptors (Lipinski definition) is 7. The van der Waals surface area contributed by atoms with Crippen molar-refractivity contribution in [2.75, 3.05) is 10.6 Å². The van der Waals surface area contributed by atoms with Crippen LogP contribution in [0.5, 0.6) is 0 Å². The van der Waals surface area contributed by atoms with Crippen molar-refractivity contribution in [3.8, 4) is 10.6 Å². The first-order valence-corrected chi connectivity index (χ1v) is 10.0. The van der Waals surface area contributed by atoms with Crippen molar-refractivity contribution in [2.24, 2.45) is 0 Å². The molecule has 0 fully saturated rings. The molecule has 0 saturated carbocycles. The molecule has 4 aromatic rings. The molecule has 26 heavy (non-hydrogen) atoms. The SMILES string of the molecule is O=C(Nc1ccc(C(=O)Nc2nc(-c3cccs3)cs2)s1)c1ccco1. The third-order valence-electron chi connectivity index (χ3n) is 3.31. The van der Waals surface area contributed by atoms with Gasteiger partial charge in [-0.05, 0) is 35.7 Å². The van der Waals surface area contributed by atoms with E-state index in [4.69, 9.17) is 4.42 Å². The molecular formula is C17H11N3O3S3. The lowest BCUT2D eigenvalue weighted by Crippen LogP contribution is -2.10. The van der Waals surface area contributed by atoms with E-state index < -0.39 is 0 Å². The minimum Gasteiger partial charge on any atom is -0.459 e. The van der Waals surface area contributed by atoms with Crippen molar-refractivity contribution in [1.82, 2.24) is 4.98 Å². The van der Waals surface area contributed by atoms with E-state index in [1.165, 1.54) is 28.9 Å². The third-order valence-corrected chi connectivity index (χ3v) is 5.96. The van der Waals surface area contributed by atoms with Gasteiger partial charge in [-0.1, -0.05) is 6.07 Å². The zero-order chi connectivity index (χ0) is 17.9. The van der Waals surface area contributed by atoms with Crippen LogP contribution in [-0.2, 0) is 0 Å². The molecule has 0 atom stereocenters. The van der Waals surface area contributed by atoms with E-state index in [-0.39, 0.29) is 17.6 Å². The first kappa shape index (κ1) is 16.7. The Hall–Kier alpha value is -2.75. The molecule has 2 N–H and O–H groups in total. The van der Waals surface area contributed by atoms with Crippen molar-refractivity contribution < 1.29 is 14.0 Å². The lowest BCUT2D eigenvalue weighted by Gasteiger charge is -1.99. The second-order valence-corrected chi connectivity index (χ2v) is 7.95. The predicted molar refractivity (Wildman–Crippen MR) is 104 cm³/mol. The molecule has 0 unspecified atom stereocenters. The minimum atomic E-state index is -0.357. The second-order valence-electron chi connectivity index (χ2n) is 5.06. The van der Waals surface area contributed by atoms with E-state index in [9.17, 15) is 9.59 Å². The molecule has 0 aliphatic rings. The number of aromatic nitrogens is 1. The number of thiazole rings is 1. The maximum absolute atomic E-state index is 12.4. The fourth-order valence-electron chi connectivity index (χ4n) is 2.14. The highest BCUT2D eigenvalue weighted by Crippen LogP contribution is 2.29. The van der Waals surface area contributed by atoms with Gasteiger partial charge < -0.3 is 9.73 Å². The molecule has 0 spiro atoms. The van der Waals surface area contributed by atoms with Crippen LogP contribution in [0.4, 0.5) is 10.1 Å². The van der Waals surface area contributed by atoms with Crippen LogP contribution < -0.4 is 10.6 Å². The van der Waals surface area contributed by atoms with Gasteiger partial charge in [-0.3, -0.25) is 14.9 Å². The largest absolute Gasteiger partial charge is 0.459 e. The van der Waals surface area contributed by atoms with Gasteiger partial charge in [0.1, 0.15) is 0 Å². The van der Waals surface area contributed by atoms with Gasteiger partial charge in [0.15, 0.2) is 10.9 Å². The number of rotatable bonds is 5. The summed E-state index contributed by atoms with van der Waals surface area (Å²) in [6, 6.07) is 10.5. The van der Waals surface area contributed by atoms with Crippen LogP contribution >= 0.6 is 34.0 Å². The number of nitrogens with one attached hydrogen (secondary N) is 2. The smallest absolute Gasteiger partial charge is 0.291 e. The minimum absolute atomic E-state index is 0.216. The number of thiophene rings is 2. The maximum atomic E-state index is 12.4. The molecule has 0 aliphatic carbocycles. The second kappa shape index (κ2) is 7.24. The predicted octanol–water partition coefficient (Wildman–Crippen LogP) is 5.03. The number of amides is 2. The monoisotopic (exact) mass is 401 g/mol. The fraction of sp³-hybridized carbons (Fsp3) is 0. The van der Waals surface area contributed by atoms with E-state index >= 15 is 0 Å². The number of furan rings is 1. The summed E-state index contributed by atoms with van der Waals surface area (Å²) in [5.74, 6) is -0.404. The van der Waals surface area contributed by atoms with E-state index in [0.29, 0.717) is 15.0 Å². The summed E-state index contributed by atoms with van der Waals surface area (Å²) >= 11 is 4.15. The quantitative estimate of drug-likeness (QED) is 0.491. The Morgan fingerprint density at radius 3 is 2.69 bits per heavy atom. The molecule has 4 rings (SSSR count). The van der Waals surface area contributed by atoms with Crippen LogP contribution in [-0.4, -0.2) is 16.8 Å². The molecule has 2 amide bonds. The van der Waals surface area contributed by atoms with Gasteiger partial charge in [0.05, 0.1) is 26.7 Å². The average Bonchev–Trinajstić information content (AvgIpc) is 3.39. The number of anilines is 2. The Morgan fingerprint density at radius 2 is 1.92 bits per heavy atom. The van der Waals surface area contributed by atoms with Crippen molar-refractivity contribution in [2.45, 2.75) is 0 Å². The van der Waals surface area contributed by atoms with E-state index in [0.717, 1.165) is 10.6 Å². The van der Waals surface area contributed by atoms with Gasteiger partial charge in [0.25, 0.3) is 11.8 Å². The molecular weight excluding hydrogens is 390 g/mol. The molecule has 130 valence electrons. The van der Waals surface area contributed by atoms with Crippen LogP contribution in [0.15, 0.2) is 57.8 Å². The highest BCUT2D eigenvalue weighted by Gasteiger charge is 2.15. The summed E-state index contributed by atoms with van der Waals surface area (Å²) in [6.07, 6.45) is 1.43. The molecule has 4 aromatic heterocycles.